The first-order valence-electron chi connectivity index (χ1n) is 8.92. The number of aryl methyl sites for hydroxylation is 1. The highest BCUT2D eigenvalue weighted by Gasteiger charge is 2.21. The molecule has 0 aliphatic carbocycles. The van der Waals surface area contributed by atoms with E-state index < -0.39 is 0 Å². The van der Waals surface area contributed by atoms with Gasteiger partial charge in [0, 0.05) is 64.7 Å². The minimum Gasteiger partial charge on any atom is -0.464 e. The molecule has 0 spiro atoms. The number of fused-ring (bicyclic) bond motifs is 3. The number of halogens is 1. The third-order valence-electron chi connectivity index (χ3n) is 5.35. The van der Waals surface area contributed by atoms with Crippen LogP contribution in [0.4, 0.5) is 4.39 Å². The summed E-state index contributed by atoms with van der Waals surface area (Å²) >= 11 is 0. The molecule has 4 heterocycles. The van der Waals surface area contributed by atoms with Gasteiger partial charge in [0.25, 0.3) is 0 Å². The Labute approximate surface area is 158 Å². The lowest BCUT2D eigenvalue weighted by atomic mass is 9.98. The minimum atomic E-state index is -0.287. The highest BCUT2D eigenvalue weighted by Crippen LogP contribution is 2.44. The monoisotopic (exact) mass is 374 g/mol. The Morgan fingerprint density at radius 2 is 1.71 bits per heavy atom. The van der Waals surface area contributed by atoms with Crippen LogP contribution in [-0.2, 0) is 7.05 Å². The summed E-state index contributed by atoms with van der Waals surface area (Å²) in [5.41, 5.74) is 5.58. The van der Waals surface area contributed by atoms with Gasteiger partial charge >= 0.3 is 0 Å². The number of rotatable bonds is 2. The van der Waals surface area contributed by atoms with Crippen molar-refractivity contribution >= 4 is 21.9 Å². The van der Waals surface area contributed by atoms with E-state index in [0.29, 0.717) is 5.58 Å². The van der Waals surface area contributed by atoms with Crippen LogP contribution in [0.5, 0.6) is 11.5 Å². The van der Waals surface area contributed by atoms with E-state index in [4.69, 9.17) is 13.9 Å². The number of H-pyrrole nitrogens is 1. The number of furan rings is 1. The van der Waals surface area contributed by atoms with Gasteiger partial charge in [0.1, 0.15) is 11.4 Å². The largest absolute Gasteiger partial charge is 0.464 e. The number of aromatic nitrogens is 2. The second-order valence-electron chi connectivity index (χ2n) is 6.95. The summed E-state index contributed by atoms with van der Waals surface area (Å²) < 4.78 is 32.6. The number of ether oxygens (including phenoxy) is 2. The van der Waals surface area contributed by atoms with Crippen molar-refractivity contribution in [1.29, 1.82) is 0 Å². The summed E-state index contributed by atoms with van der Waals surface area (Å²) in [7, 11) is 2.00. The zero-order valence-corrected chi connectivity index (χ0v) is 15.0. The van der Waals surface area contributed by atoms with E-state index in [1.165, 1.54) is 12.1 Å². The van der Waals surface area contributed by atoms with Gasteiger partial charge in [0.2, 0.25) is 6.79 Å². The summed E-state index contributed by atoms with van der Waals surface area (Å²) in [6, 6.07) is 8.57. The lowest BCUT2D eigenvalue weighted by Gasteiger charge is -2.03. The molecule has 6 rings (SSSR count). The smallest absolute Gasteiger partial charge is 0.231 e. The van der Waals surface area contributed by atoms with Crippen molar-refractivity contribution in [3.8, 4) is 33.8 Å². The molecule has 2 aromatic carbocycles. The highest BCUT2D eigenvalue weighted by molar-refractivity contribution is 6.04. The van der Waals surface area contributed by atoms with Gasteiger partial charge in [-0.3, -0.25) is 0 Å². The van der Waals surface area contributed by atoms with Gasteiger partial charge in [0.15, 0.2) is 11.5 Å². The number of nitrogens with one attached hydrogen (secondary N) is 1. The molecule has 0 saturated heterocycles. The first kappa shape index (κ1) is 15.4. The van der Waals surface area contributed by atoms with Gasteiger partial charge in [-0.2, -0.15) is 0 Å². The normalized spacial score (nSPS) is 13.1. The predicted molar refractivity (Wildman–Crippen MR) is 104 cm³/mol. The Hall–Kier alpha value is -3.67. The van der Waals surface area contributed by atoms with Crippen molar-refractivity contribution in [2.24, 2.45) is 7.05 Å². The maximum Gasteiger partial charge on any atom is 0.231 e. The average molecular weight is 374 g/mol. The SMILES string of the molecule is Cn1cc(-c2c[nH]cc2-c2coc3ccc(F)cc23)c2cc3c(cc21)OCO3. The molecule has 0 atom stereocenters. The van der Waals surface area contributed by atoms with Gasteiger partial charge < -0.3 is 23.4 Å². The lowest BCUT2D eigenvalue weighted by molar-refractivity contribution is 0.174. The molecule has 0 amide bonds. The summed E-state index contributed by atoms with van der Waals surface area (Å²) in [6.07, 6.45) is 7.62. The fraction of sp³-hybridized carbons (Fsp3) is 0.0909. The van der Waals surface area contributed by atoms with Crippen LogP contribution in [0.1, 0.15) is 0 Å². The molecule has 0 fully saturated rings. The molecule has 6 heteroatoms. The van der Waals surface area contributed by atoms with Crippen LogP contribution < -0.4 is 9.47 Å². The molecular weight excluding hydrogens is 359 g/mol. The third-order valence-corrected chi connectivity index (χ3v) is 5.35. The molecule has 5 aromatic rings. The minimum absolute atomic E-state index is 0.239. The van der Waals surface area contributed by atoms with E-state index in [2.05, 4.69) is 15.7 Å². The quantitative estimate of drug-likeness (QED) is 0.447. The molecule has 5 nitrogen and oxygen atoms in total. The Bertz CT molecular complexity index is 1380. The van der Waals surface area contributed by atoms with Crippen molar-refractivity contribution in [2.45, 2.75) is 0 Å². The van der Waals surface area contributed by atoms with Crippen molar-refractivity contribution in [3.05, 3.63) is 61.0 Å². The maximum atomic E-state index is 13.8. The molecule has 0 unspecified atom stereocenters. The Morgan fingerprint density at radius 1 is 0.929 bits per heavy atom. The number of aromatic amines is 1. The summed E-state index contributed by atoms with van der Waals surface area (Å²) in [6.45, 7) is 0.239. The van der Waals surface area contributed by atoms with E-state index in [1.807, 2.05) is 31.6 Å². The van der Waals surface area contributed by atoms with Crippen LogP contribution in [0.3, 0.4) is 0 Å². The first-order valence-corrected chi connectivity index (χ1v) is 8.92. The second kappa shape index (κ2) is 5.42. The zero-order valence-electron chi connectivity index (χ0n) is 15.0. The van der Waals surface area contributed by atoms with E-state index in [1.54, 1.807) is 12.3 Å². The van der Waals surface area contributed by atoms with Gasteiger partial charge in [-0.05, 0) is 24.3 Å². The molecular formula is C22H15FN2O3. The molecule has 28 heavy (non-hydrogen) atoms. The average Bonchev–Trinajstić information content (AvgIpc) is 3.45. The second-order valence-corrected chi connectivity index (χ2v) is 6.95. The molecule has 3 aromatic heterocycles. The topological polar surface area (TPSA) is 52.3 Å². The van der Waals surface area contributed by atoms with Gasteiger partial charge in [0.05, 0.1) is 11.8 Å². The molecule has 1 aliphatic rings. The third kappa shape index (κ3) is 2.05. The highest BCUT2D eigenvalue weighted by atomic mass is 19.1. The van der Waals surface area contributed by atoms with Crippen molar-refractivity contribution < 1.29 is 18.3 Å². The van der Waals surface area contributed by atoms with Crippen LogP contribution >= 0.6 is 0 Å². The molecule has 1 N–H and O–H groups in total. The zero-order chi connectivity index (χ0) is 18.8. The summed E-state index contributed by atoms with van der Waals surface area (Å²) in [4.78, 5) is 3.19. The number of nitrogens with zero attached hydrogens (tertiary/aromatic N) is 1. The van der Waals surface area contributed by atoms with Crippen molar-refractivity contribution in [1.82, 2.24) is 9.55 Å². The van der Waals surface area contributed by atoms with Crippen molar-refractivity contribution in [2.75, 3.05) is 6.79 Å². The lowest BCUT2D eigenvalue weighted by Crippen LogP contribution is -1.93. The molecule has 0 radical (unpaired) electrons. The van der Waals surface area contributed by atoms with Crippen LogP contribution in [0, 0.1) is 5.82 Å². The number of hydrogen-bond acceptors (Lipinski definition) is 3. The fourth-order valence-corrected chi connectivity index (χ4v) is 4.01. The maximum absolute atomic E-state index is 13.8. The fourth-order valence-electron chi connectivity index (χ4n) is 4.01. The van der Waals surface area contributed by atoms with E-state index in [9.17, 15) is 4.39 Å². The van der Waals surface area contributed by atoms with Crippen LogP contribution in [0.2, 0.25) is 0 Å². The Kier molecular flexibility index (Phi) is 2.98. The molecule has 0 bridgehead atoms. The Balaban J connectivity index is 1.60. The summed E-state index contributed by atoms with van der Waals surface area (Å²) in [5.74, 6) is 1.21. The van der Waals surface area contributed by atoms with Crippen molar-refractivity contribution in [3.63, 3.8) is 0 Å². The van der Waals surface area contributed by atoms with Crippen LogP contribution in [0.15, 0.2) is 59.6 Å². The molecule has 0 saturated carbocycles. The molecule has 138 valence electrons. The Morgan fingerprint density at radius 3 is 2.57 bits per heavy atom. The van der Waals surface area contributed by atoms with E-state index in [0.717, 1.165) is 50.0 Å². The van der Waals surface area contributed by atoms with Gasteiger partial charge in [-0.25, -0.2) is 4.39 Å². The standard InChI is InChI=1S/C22H15FN2O3/c1-25-9-17(13-5-21-22(6-19(13)25)28-11-27-21)15-7-24-8-16(15)18-10-26-20-3-2-12(23)4-14(18)20/h2-10,24H,11H2,1H3. The number of hydrogen-bond donors (Lipinski definition) is 1. The predicted octanol–water partition coefficient (Wildman–Crippen LogP) is 5.45. The van der Waals surface area contributed by atoms with Gasteiger partial charge in [-0.15, -0.1) is 0 Å². The number of benzene rings is 2. The van der Waals surface area contributed by atoms with E-state index in [-0.39, 0.29) is 12.6 Å². The summed E-state index contributed by atoms with van der Waals surface area (Å²) in [5, 5.41) is 1.81. The molecule has 1 aliphatic heterocycles. The van der Waals surface area contributed by atoms with E-state index >= 15 is 0 Å². The van der Waals surface area contributed by atoms with Crippen LogP contribution in [0.25, 0.3) is 44.1 Å². The van der Waals surface area contributed by atoms with Gasteiger partial charge in [-0.1, -0.05) is 0 Å². The van der Waals surface area contributed by atoms with Crippen LogP contribution in [-0.4, -0.2) is 16.3 Å². The first-order chi connectivity index (χ1) is 13.7.